The Kier molecular flexibility index (Phi) is 5.80. The molecule has 0 spiro atoms. The minimum atomic E-state index is 0.0150. The predicted octanol–water partition coefficient (Wildman–Crippen LogP) is 4.02. The van der Waals surface area contributed by atoms with Gasteiger partial charge >= 0.3 is 6.03 Å². The number of carbonyl (C=O) groups excluding carboxylic acids is 1. The molecule has 2 heterocycles. The normalized spacial score (nSPS) is 14.1. The van der Waals surface area contributed by atoms with Gasteiger partial charge in [0.05, 0.1) is 0 Å². The second-order valence-corrected chi connectivity index (χ2v) is 7.70. The summed E-state index contributed by atoms with van der Waals surface area (Å²) < 4.78 is 6.42. The Balaban J connectivity index is 1.41. The molecule has 7 nitrogen and oxygen atoms in total. The minimum Gasteiger partial charge on any atom is -0.368 e. The topological polar surface area (TPSA) is 74.5 Å². The Hall–Kier alpha value is -2.87. The molecule has 29 heavy (non-hydrogen) atoms. The van der Waals surface area contributed by atoms with Gasteiger partial charge in [0.1, 0.15) is 0 Å². The Morgan fingerprint density at radius 3 is 2.34 bits per heavy atom. The van der Waals surface area contributed by atoms with E-state index in [1.165, 1.54) is 0 Å². The number of nitrogens with one attached hydrogen (secondary N) is 1. The molecule has 0 saturated carbocycles. The predicted molar refractivity (Wildman–Crippen MR) is 116 cm³/mol. The molecule has 1 aliphatic rings. The molecule has 1 aliphatic heterocycles. The number of anilines is 1. The van der Waals surface area contributed by atoms with Crippen LogP contribution in [0.2, 0.25) is 0 Å². The number of piperazine rings is 1. The second kappa shape index (κ2) is 8.65. The summed E-state index contributed by atoms with van der Waals surface area (Å²) in [5, 5.41) is 6.97. The van der Waals surface area contributed by atoms with E-state index in [9.17, 15) is 4.79 Å². The lowest BCUT2D eigenvalue weighted by Gasteiger charge is -2.36. The quantitative estimate of drug-likeness (QED) is 0.642. The lowest BCUT2D eigenvalue weighted by Crippen LogP contribution is -2.51. The van der Waals surface area contributed by atoms with Crippen molar-refractivity contribution in [1.82, 2.24) is 20.4 Å². The maximum atomic E-state index is 11.9. The van der Waals surface area contributed by atoms with Gasteiger partial charge in [-0.25, -0.2) is 4.79 Å². The first-order valence-corrected chi connectivity index (χ1v) is 10.4. The van der Waals surface area contributed by atoms with Gasteiger partial charge in [-0.1, -0.05) is 21.1 Å². The highest BCUT2D eigenvalue weighted by atomic mass is 79.9. The van der Waals surface area contributed by atoms with E-state index in [0.717, 1.165) is 47.5 Å². The number of hydrogen-bond acceptors (Lipinski definition) is 5. The number of benzene rings is 2. The van der Waals surface area contributed by atoms with Gasteiger partial charge in [-0.05, 0) is 55.5 Å². The van der Waals surface area contributed by atoms with Crippen LogP contribution in [0, 0.1) is 0 Å². The van der Waals surface area contributed by atoms with Gasteiger partial charge in [-0.15, -0.1) is 0 Å². The zero-order valence-electron chi connectivity index (χ0n) is 16.1. The van der Waals surface area contributed by atoms with Crippen LogP contribution in [0.15, 0.2) is 57.5 Å². The Bertz CT molecular complexity index is 963. The highest BCUT2D eigenvalue weighted by Crippen LogP contribution is 2.25. The van der Waals surface area contributed by atoms with Crippen LogP contribution in [0.3, 0.4) is 0 Å². The average Bonchev–Trinajstić information content (AvgIpc) is 3.25. The summed E-state index contributed by atoms with van der Waals surface area (Å²) in [4.78, 5) is 20.6. The van der Waals surface area contributed by atoms with Crippen LogP contribution in [0.4, 0.5) is 10.5 Å². The summed E-state index contributed by atoms with van der Waals surface area (Å²) >= 11 is 3.42. The van der Waals surface area contributed by atoms with Crippen LogP contribution < -0.4 is 10.2 Å². The molecule has 2 aromatic carbocycles. The molecule has 3 aromatic rings. The van der Waals surface area contributed by atoms with E-state index >= 15 is 0 Å². The first kappa shape index (κ1) is 19.4. The van der Waals surface area contributed by atoms with Crippen molar-refractivity contribution in [2.45, 2.75) is 6.92 Å². The van der Waals surface area contributed by atoms with Crippen LogP contribution in [0.5, 0.6) is 0 Å². The van der Waals surface area contributed by atoms with Crippen molar-refractivity contribution < 1.29 is 9.32 Å². The van der Waals surface area contributed by atoms with Crippen molar-refractivity contribution in [2.24, 2.45) is 0 Å². The van der Waals surface area contributed by atoms with Gasteiger partial charge in [0.25, 0.3) is 5.89 Å². The highest BCUT2D eigenvalue weighted by Gasteiger charge is 2.21. The molecule has 0 radical (unpaired) electrons. The van der Waals surface area contributed by atoms with Crippen molar-refractivity contribution in [2.75, 3.05) is 37.6 Å². The maximum Gasteiger partial charge on any atom is 0.317 e. The summed E-state index contributed by atoms with van der Waals surface area (Å²) in [5.74, 6) is 1.06. The van der Waals surface area contributed by atoms with E-state index in [4.69, 9.17) is 4.52 Å². The third-order valence-electron chi connectivity index (χ3n) is 4.90. The molecule has 0 atom stereocenters. The summed E-state index contributed by atoms with van der Waals surface area (Å²) in [6.07, 6.45) is 0. The first-order valence-electron chi connectivity index (χ1n) is 9.62. The molecule has 0 unspecified atom stereocenters. The van der Waals surface area contributed by atoms with E-state index in [1.54, 1.807) is 0 Å². The van der Waals surface area contributed by atoms with E-state index in [0.29, 0.717) is 18.3 Å². The van der Waals surface area contributed by atoms with Crippen molar-refractivity contribution in [1.29, 1.82) is 0 Å². The van der Waals surface area contributed by atoms with E-state index < -0.39 is 0 Å². The SMILES string of the molecule is CCNC(=O)N1CCN(c2ccc(-c3noc(-c4ccc(Br)cc4)n3)cc2)CC1. The monoisotopic (exact) mass is 455 g/mol. The maximum absolute atomic E-state index is 11.9. The van der Waals surface area contributed by atoms with Gasteiger partial charge < -0.3 is 19.6 Å². The number of amides is 2. The molecule has 2 amide bonds. The molecular weight excluding hydrogens is 434 g/mol. The van der Waals surface area contributed by atoms with Crippen molar-refractivity contribution >= 4 is 27.6 Å². The number of nitrogens with zero attached hydrogens (tertiary/aromatic N) is 4. The molecule has 150 valence electrons. The lowest BCUT2D eigenvalue weighted by molar-refractivity contribution is 0.195. The van der Waals surface area contributed by atoms with Crippen molar-refractivity contribution in [3.63, 3.8) is 0 Å². The van der Waals surface area contributed by atoms with E-state index in [1.807, 2.05) is 48.2 Å². The summed E-state index contributed by atoms with van der Waals surface area (Å²) in [6, 6.07) is 15.9. The standard InChI is InChI=1S/C21H22BrN5O2/c1-2-23-21(28)27-13-11-26(12-14-27)18-9-5-15(6-10-18)19-24-20(29-25-19)16-3-7-17(22)8-4-16/h3-10H,2,11-14H2,1H3,(H,23,28). The van der Waals surface area contributed by atoms with Gasteiger partial charge in [-0.2, -0.15) is 4.98 Å². The summed E-state index contributed by atoms with van der Waals surface area (Å²) in [5.41, 5.74) is 2.91. The number of hydrogen-bond donors (Lipinski definition) is 1. The first-order chi connectivity index (χ1) is 14.1. The largest absolute Gasteiger partial charge is 0.368 e. The van der Waals surface area contributed by atoms with E-state index in [-0.39, 0.29) is 6.03 Å². The van der Waals surface area contributed by atoms with E-state index in [2.05, 4.69) is 48.4 Å². The third kappa shape index (κ3) is 4.42. The fourth-order valence-electron chi connectivity index (χ4n) is 3.30. The fraction of sp³-hybridized carbons (Fsp3) is 0.286. The lowest BCUT2D eigenvalue weighted by atomic mass is 10.1. The van der Waals surface area contributed by atoms with Crippen LogP contribution >= 0.6 is 15.9 Å². The Labute approximate surface area is 177 Å². The zero-order chi connectivity index (χ0) is 20.2. The second-order valence-electron chi connectivity index (χ2n) is 6.79. The molecule has 1 N–H and O–H groups in total. The van der Waals surface area contributed by atoms with Crippen LogP contribution in [-0.4, -0.2) is 53.8 Å². The van der Waals surface area contributed by atoms with Crippen molar-refractivity contribution in [3.8, 4) is 22.8 Å². The van der Waals surface area contributed by atoms with Gasteiger partial charge in [0.15, 0.2) is 0 Å². The Morgan fingerprint density at radius 2 is 1.69 bits per heavy atom. The highest BCUT2D eigenvalue weighted by molar-refractivity contribution is 9.10. The molecule has 1 aromatic heterocycles. The summed E-state index contributed by atoms with van der Waals surface area (Å²) in [7, 11) is 0. The third-order valence-corrected chi connectivity index (χ3v) is 5.43. The molecule has 1 saturated heterocycles. The number of rotatable bonds is 4. The van der Waals surface area contributed by atoms with Gasteiger partial charge in [-0.3, -0.25) is 0 Å². The van der Waals surface area contributed by atoms with Crippen LogP contribution in [0.1, 0.15) is 6.92 Å². The van der Waals surface area contributed by atoms with Gasteiger partial charge in [0, 0.05) is 54.0 Å². The average molecular weight is 456 g/mol. The molecular formula is C21H22BrN5O2. The van der Waals surface area contributed by atoms with Gasteiger partial charge in [0.2, 0.25) is 5.82 Å². The number of carbonyl (C=O) groups is 1. The minimum absolute atomic E-state index is 0.0150. The number of aromatic nitrogens is 2. The van der Waals surface area contributed by atoms with Crippen LogP contribution in [0.25, 0.3) is 22.8 Å². The molecule has 8 heteroatoms. The smallest absolute Gasteiger partial charge is 0.317 e. The fourth-order valence-corrected chi connectivity index (χ4v) is 3.57. The zero-order valence-corrected chi connectivity index (χ0v) is 17.7. The molecule has 1 fully saturated rings. The molecule has 0 aliphatic carbocycles. The summed E-state index contributed by atoms with van der Waals surface area (Å²) in [6.45, 7) is 5.64. The Morgan fingerprint density at radius 1 is 1.03 bits per heavy atom. The van der Waals surface area contributed by atoms with Crippen molar-refractivity contribution in [3.05, 3.63) is 53.0 Å². The number of halogens is 1. The van der Waals surface area contributed by atoms with Crippen LogP contribution in [-0.2, 0) is 0 Å². The molecule has 4 rings (SSSR count). The number of urea groups is 1. The molecule has 0 bridgehead atoms.